The molecule has 0 spiro atoms. The quantitative estimate of drug-likeness (QED) is 0.719. The number of piperidine rings is 1. The van der Waals surface area contributed by atoms with Crippen LogP contribution in [0.2, 0.25) is 5.02 Å². The first-order chi connectivity index (χ1) is 12.9. The maximum absolute atomic E-state index is 12.5. The van der Waals surface area contributed by atoms with Crippen molar-refractivity contribution in [2.45, 2.75) is 23.8 Å². The predicted octanol–water partition coefficient (Wildman–Crippen LogP) is 3.64. The van der Waals surface area contributed by atoms with E-state index < -0.39 is 10.0 Å². The largest absolute Gasteiger partial charge is 0.342 e. The number of amides is 1. The first-order valence-corrected chi connectivity index (χ1v) is 11.5. The van der Waals surface area contributed by atoms with Gasteiger partial charge in [0.25, 0.3) is 0 Å². The van der Waals surface area contributed by atoms with Gasteiger partial charge in [0, 0.05) is 39.8 Å². The lowest BCUT2D eigenvalue weighted by molar-refractivity contribution is -0.129. The fourth-order valence-corrected chi connectivity index (χ4v) is 5.10. The molecule has 1 amide bonds. The summed E-state index contributed by atoms with van der Waals surface area (Å²) in [5.74, 6) is 0.401. The molecule has 144 valence electrons. The average molecular weight is 425 g/mol. The summed E-state index contributed by atoms with van der Waals surface area (Å²) in [5, 5.41) is 3.63. The van der Waals surface area contributed by atoms with Crippen LogP contribution in [-0.2, 0) is 14.8 Å². The van der Waals surface area contributed by atoms with Gasteiger partial charge >= 0.3 is 0 Å². The van der Waals surface area contributed by atoms with Crippen molar-refractivity contribution in [3.05, 3.63) is 53.4 Å². The minimum atomic E-state index is -3.43. The standard InChI is InChI=1S/C19H21ClN2O3S2/c1-2-27(24,25)21-14-9-11-22(12-10-14)19(23)13-26-18-8-7-17(20)15-5-3-4-6-16(15)18/h2-8,14,21H,1,9-13H2. The third-order valence-electron chi connectivity index (χ3n) is 4.58. The van der Waals surface area contributed by atoms with Crippen LogP contribution in [0.25, 0.3) is 10.8 Å². The molecule has 1 aliphatic heterocycles. The Kier molecular flexibility index (Phi) is 6.47. The van der Waals surface area contributed by atoms with E-state index in [0.717, 1.165) is 21.1 Å². The SMILES string of the molecule is C=CS(=O)(=O)NC1CCN(C(=O)CSc2ccc(Cl)c3ccccc23)CC1. The number of nitrogens with one attached hydrogen (secondary N) is 1. The van der Waals surface area contributed by atoms with Crippen molar-refractivity contribution in [3.63, 3.8) is 0 Å². The molecule has 1 heterocycles. The molecule has 3 rings (SSSR count). The fraction of sp³-hybridized carbons (Fsp3) is 0.316. The second kappa shape index (κ2) is 8.65. The van der Waals surface area contributed by atoms with E-state index in [4.69, 9.17) is 11.6 Å². The number of hydrogen-bond donors (Lipinski definition) is 1. The third kappa shape index (κ3) is 5.04. The number of fused-ring (bicyclic) bond motifs is 1. The Morgan fingerprint density at radius 2 is 1.89 bits per heavy atom. The summed E-state index contributed by atoms with van der Waals surface area (Å²) >= 11 is 7.74. The van der Waals surface area contributed by atoms with Crippen molar-refractivity contribution in [2.24, 2.45) is 0 Å². The normalized spacial score (nSPS) is 15.8. The molecule has 0 aliphatic carbocycles. The Labute approximate surface area is 168 Å². The van der Waals surface area contributed by atoms with Gasteiger partial charge in [-0.25, -0.2) is 13.1 Å². The molecule has 0 unspecified atom stereocenters. The number of likely N-dealkylation sites (tertiary alicyclic amines) is 1. The first kappa shape index (κ1) is 20.2. The van der Waals surface area contributed by atoms with Gasteiger partial charge in [-0.15, -0.1) is 11.8 Å². The number of nitrogens with zero attached hydrogens (tertiary/aromatic N) is 1. The number of benzene rings is 2. The Bertz CT molecular complexity index is 955. The zero-order valence-electron chi connectivity index (χ0n) is 14.7. The molecule has 1 N–H and O–H groups in total. The molecule has 0 atom stereocenters. The van der Waals surface area contributed by atoms with Gasteiger partial charge in [0.2, 0.25) is 15.9 Å². The zero-order valence-corrected chi connectivity index (χ0v) is 17.1. The Morgan fingerprint density at radius 3 is 2.56 bits per heavy atom. The van der Waals surface area contributed by atoms with Crippen LogP contribution in [0.1, 0.15) is 12.8 Å². The molecule has 8 heteroatoms. The Hall–Kier alpha value is -1.54. The highest BCUT2D eigenvalue weighted by Gasteiger charge is 2.25. The van der Waals surface area contributed by atoms with E-state index in [1.807, 2.05) is 36.4 Å². The number of carbonyl (C=O) groups excluding carboxylic acids is 1. The zero-order chi connectivity index (χ0) is 19.4. The van der Waals surface area contributed by atoms with Gasteiger partial charge in [-0.1, -0.05) is 42.4 Å². The van der Waals surface area contributed by atoms with Gasteiger partial charge in [0.15, 0.2) is 0 Å². The van der Waals surface area contributed by atoms with E-state index in [1.54, 1.807) is 4.90 Å². The summed E-state index contributed by atoms with van der Waals surface area (Å²) in [4.78, 5) is 15.4. The minimum Gasteiger partial charge on any atom is -0.342 e. The van der Waals surface area contributed by atoms with E-state index in [-0.39, 0.29) is 11.9 Å². The molecule has 5 nitrogen and oxygen atoms in total. The van der Waals surface area contributed by atoms with E-state index in [2.05, 4.69) is 11.3 Å². The summed E-state index contributed by atoms with van der Waals surface area (Å²) in [7, 11) is -3.43. The maximum atomic E-state index is 12.5. The highest BCUT2D eigenvalue weighted by atomic mass is 35.5. The third-order valence-corrected chi connectivity index (χ3v) is 7.07. The van der Waals surface area contributed by atoms with Crippen LogP contribution in [-0.4, -0.2) is 44.1 Å². The Morgan fingerprint density at radius 1 is 1.22 bits per heavy atom. The monoisotopic (exact) mass is 424 g/mol. The molecular weight excluding hydrogens is 404 g/mol. The van der Waals surface area contributed by atoms with E-state index in [9.17, 15) is 13.2 Å². The molecule has 0 bridgehead atoms. The van der Waals surface area contributed by atoms with Gasteiger partial charge in [-0.2, -0.15) is 0 Å². The van der Waals surface area contributed by atoms with Gasteiger partial charge in [-0.05, 0) is 30.4 Å². The minimum absolute atomic E-state index is 0.0593. The van der Waals surface area contributed by atoms with E-state index in [0.29, 0.717) is 36.7 Å². The number of rotatable bonds is 6. The maximum Gasteiger partial charge on any atom is 0.233 e. The van der Waals surface area contributed by atoms with Crippen LogP contribution in [0.5, 0.6) is 0 Å². The second-order valence-electron chi connectivity index (χ2n) is 6.36. The van der Waals surface area contributed by atoms with Gasteiger partial charge in [-0.3, -0.25) is 4.79 Å². The summed E-state index contributed by atoms with van der Waals surface area (Å²) < 4.78 is 25.7. The van der Waals surface area contributed by atoms with Crippen molar-refractivity contribution in [3.8, 4) is 0 Å². The van der Waals surface area contributed by atoms with E-state index in [1.165, 1.54) is 11.8 Å². The van der Waals surface area contributed by atoms with Crippen LogP contribution in [0.3, 0.4) is 0 Å². The van der Waals surface area contributed by atoms with Crippen molar-refractivity contribution >= 4 is 50.1 Å². The van der Waals surface area contributed by atoms with Crippen molar-refractivity contribution < 1.29 is 13.2 Å². The molecule has 27 heavy (non-hydrogen) atoms. The Balaban J connectivity index is 1.57. The number of thioether (sulfide) groups is 1. The average Bonchev–Trinajstić information content (AvgIpc) is 2.68. The van der Waals surface area contributed by atoms with Crippen LogP contribution in [0.15, 0.2) is 53.3 Å². The molecule has 0 radical (unpaired) electrons. The first-order valence-electron chi connectivity index (χ1n) is 8.62. The lowest BCUT2D eigenvalue weighted by Gasteiger charge is -2.32. The highest BCUT2D eigenvalue weighted by Crippen LogP contribution is 2.32. The van der Waals surface area contributed by atoms with Crippen LogP contribution in [0.4, 0.5) is 0 Å². The summed E-state index contributed by atoms with van der Waals surface area (Å²) in [5.41, 5.74) is 0. The van der Waals surface area contributed by atoms with Gasteiger partial charge in [0.1, 0.15) is 0 Å². The molecular formula is C19H21ClN2O3S2. The number of halogens is 1. The topological polar surface area (TPSA) is 66.5 Å². The molecule has 1 aliphatic rings. The summed E-state index contributed by atoms with van der Waals surface area (Å²) in [6.07, 6.45) is 1.21. The van der Waals surface area contributed by atoms with Crippen molar-refractivity contribution in [1.29, 1.82) is 0 Å². The summed E-state index contributed by atoms with van der Waals surface area (Å²) in [6.45, 7) is 4.39. The molecule has 2 aromatic carbocycles. The lowest BCUT2D eigenvalue weighted by Crippen LogP contribution is -2.46. The fourth-order valence-electron chi connectivity index (χ4n) is 3.12. The molecule has 0 saturated carbocycles. The highest BCUT2D eigenvalue weighted by molar-refractivity contribution is 8.00. The molecule has 1 saturated heterocycles. The van der Waals surface area contributed by atoms with Crippen molar-refractivity contribution in [1.82, 2.24) is 9.62 Å². The predicted molar refractivity (Wildman–Crippen MR) is 112 cm³/mol. The smallest absolute Gasteiger partial charge is 0.233 e. The molecule has 1 fully saturated rings. The number of sulfonamides is 1. The van der Waals surface area contributed by atoms with Crippen LogP contribution >= 0.6 is 23.4 Å². The van der Waals surface area contributed by atoms with Crippen molar-refractivity contribution in [2.75, 3.05) is 18.8 Å². The van der Waals surface area contributed by atoms with E-state index >= 15 is 0 Å². The lowest BCUT2D eigenvalue weighted by atomic mass is 10.1. The number of hydrogen-bond acceptors (Lipinski definition) is 4. The number of carbonyl (C=O) groups is 1. The van der Waals surface area contributed by atoms with Gasteiger partial charge in [0.05, 0.1) is 5.75 Å². The van der Waals surface area contributed by atoms with Gasteiger partial charge < -0.3 is 4.90 Å². The summed E-state index contributed by atoms with van der Waals surface area (Å²) in [6, 6.07) is 11.5. The van der Waals surface area contributed by atoms with Crippen LogP contribution < -0.4 is 4.72 Å². The molecule has 2 aromatic rings. The molecule has 0 aromatic heterocycles. The van der Waals surface area contributed by atoms with Crippen LogP contribution in [0, 0.1) is 0 Å². The second-order valence-corrected chi connectivity index (χ2v) is 9.45.